The van der Waals surface area contributed by atoms with Gasteiger partial charge in [0.05, 0.1) is 11.2 Å². The average Bonchev–Trinajstić information content (AvgIpc) is 2.44. The molecule has 0 amide bonds. The summed E-state index contributed by atoms with van der Waals surface area (Å²) in [5.74, 6) is 0.811. The molecule has 0 radical (unpaired) electrons. The first-order valence-corrected chi connectivity index (χ1v) is 8.07. The van der Waals surface area contributed by atoms with Gasteiger partial charge in [-0.25, -0.2) is 9.97 Å². The van der Waals surface area contributed by atoms with E-state index in [1.54, 1.807) is 6.33 Å². The van der Waals surface area contributed by atoms with E-state index in [0.717, 1.165) is 31.4 Å². The highest BCUT2D eigenvalue weighted by Crippen LogP contribution is 2.31. The number of aryl methyl sites for hydroxylation is 2. The van der Waals surface area contributed by atoms with E-state index in [4.69, 9.17) is 0 Å². The van der Waals surface area contributed by atoms with Crippen molar-refractivity contribution in [2.24, 2.45) is 0 Å². The van der Waals surface area contributed by atoms with Crippen molar-refractivity contribution < 1.29 is 0 Å². The van der Waals surface area contributed by atoms with Gasteiger partial charge in [-0.1, -0.05) is 15.9 Å². The fraction of sp³-hybridized carbons (Fsp3) is 0.125. The molecule has 3 aromatic rings. The van der Waals surface area contributed by atoms with E-state index in [-0.39, 0.29) is 0 Å². The van der Waals surface area contributed by atoms with Crippen LogP contribution in [0.15, 0.2) is 45.6 Å². The Labute approximate surface area is 140 Å². The van der Waals surface area contributed by atoms with E-state index in [2.05, 4.69) is 73.1 Å². The van der Waals surface area contributed by atoms with E-state index >= 15 is 0 Å². The summed E-state index contributed by atoms with van der Waals surface area (Å²) in [5.41, 5.74) is 4.38. The maximum absolute atomic E-state index is 4.38. The summed E-state index contributed by atoms with van der Waals surface area (Å²) in [6.07, 6.45) is 1.59. The average molecular weight is 407 g/mol. The quantitative estimate of drug-likeness (QED) is 0.609. The molecule has 0 aliphatic carbocycles. The maximum atomic E-state index is 4.38. The maximum Gasteiger partial charge on any atom is 0.141 e. The molecule has 0 bridgehead atoms. The number of rotatable bonds is 2. The number of fused-ring (bicyclic) bond motifs is 1. The molecule has 3 rings (SSSR count). The van der Waals surface area contributed by atoms with Gasteiger partial charge < -0.3 is 5.32 Å². The molecule has 0 unspecified atom stereocenters. The van der Waals surface area contributed by atoms with Crippen LogP contribution in [0.2, 0.25) is 0 Å². The number of hydrogen-bond donors (Lipinski definition) is 1. The molecule has 5 heteroatoms. The fourth-order valence-electron chi connectivity index (χ4n) is 2.13. The monoisotopic (exact) mass is 405 g/mol. The number of benzene rings is 2. The van der Waals surface area contributed by atoms with Crippen LogP contribution in [-0.4, -0.2) is 9.97 Å². The van der Waals surface area contributed by atoms with Gasteiger partial charge in [0.1, 0.15) is 12.1 Å². The SMILES string of the molecule is Cc1cc2ncnc(Nc3ccc(Br)cc3Br)c2cc1C. The summed E-state index contributed by atoms with van der Waals surface area (Å²) < 4.78 is 2.01. The van der Waals surface area contributed by atoms with Gasteiger partial charge in [-0.15, -0.1) is 0 Å². The van der Waals surface area contributed by atoms with E-state index in [9.17, 15) is 0 Å². The Bertz CT molecular complexity index is 831. The fourth-order valence-corrected chi connectivity index (χ4v) is 3.28. The molecule has 1 N–H and O–H groups in total. The van der Waals surface area contributed by atoms with Crippen LogP contribution in [0.5, 0.6) is 0 Å². The van der Waals surface area contributed by atoms with Gasteiger partial charge in [-0.3, -0.25) is 0 Å². The van der Waals surface area contributed by atoms with Gasteiger partial charge in [-0.05, 0) is 71.2 Å². The highest BCUT2D eigenvalue weighted by molar-refractivity contribution is 9.11. The van der Waals surface area contributed by atoms with Crippen molar-refractivity contribution >= 4 is 54.3 Å². The third kappa shape index (κ3) is 2.94. The Morgan fingerprint density at radius 3 is 2.48 bits per heavy atom. The smallest absolute Gasteiger partial charge is 0.141 e. The highest BCUT2D eigenvalue weighted by Gasteiger charge is 2.08. The number of hydrogen-bond acceptors (Lipinski definition) is 3. The molecule has 0 saturated heterocycles. The predicted molar refractivity (Wildman–Crippen MR) is 94.1 cm³/mol. The number of halogens is 2. The molecule has 2 aromatic carbocycles. The molecule has 0 aliphatic rings. The summed E-state index contributed by atoms with van der Waals surface area (Å²) >= 11 is 7.01. The van der Waals surface area contributed by atoms with Crippen molar-refractivity contribution in [2.45, 2.75) is 13.8 Å². The van der Waals surface area contributed by atoms with Crippen LogP contribution in [0.3, 0.4) is 0 Å². The van der Waals surface area contributed by atoms with E-state index in [1.165, 1.54) is 11.1 Å². The largest absolute Gasteiger partial charge is 0.339 e. The van der Waals surface area contributed by atoms with Gasteiger partial charge in [-0.2, -0.15) is 0 Å². The lowest BCUT2D eigenvalue weighted by molar-refractivity contribution is 1.21. The first kappa shape index (κ1) is 14.5. The van der Waals surface area contributed by atoms with Crippen molar-refractivity contribution in [1.82, 2.24) is 9.97 Å². The molecule has 0 saturated carbocycles. The van der Waals surface area contributed by atoms with Crippen LogP contribution in [0, 0.1) is 13.8 Å². The lowest BCUT2D eigenvalue weighted by atomic mass is 10.1. The zero-order chi connectivity index (χ0) is 15.0. The molecular formula is C16H13Br2N3. The minimum Gasteiger partial charge on any atom is -0.339 e. The normalized spacial score (nSPS) is 10.9. The number of aromatic nitrogens is 2. The van der Waals surface area contributed by atoms with Crippen LogP contribution in [0.25, 0.3) is 10.9 Å². The lowest BCUT2D eigenvalue weighted by Gasteiger charge is -2.11. The third-order valence-corrected chi connectivity index (χ3v) is 4.58. The topological polar surface area (TPSA) is 37.8 Å². The standard InChI is InChI=1S/C16H13Br2N3/c1-9-5-12-15(6-10(9)2)19-8-20-16(12)21-14-4-3-11(17)7-13(14)18/h3-8H,1-2H3,(H,19,20,21). The Hall–Kier alpha value is -1.46. The lowest BCUT2D eigenvalue weighted by Crippen LogP contribution is -1.97. The summed E-state index contributed by atoms with van der Waals surface area (Å²) in [6.45, 7) is 4.19. The first-order valence-electron chi connectivity index (χ1n) is 6.48. The predicted octanol–water partition coefficient (Wildman–Crippen LogP) is 5.52. The molecule has 106 valence electrons. The van der Waals surface area contributed by atoms with Gasteiger partial charge >= 0.3 is 0 Å². The van der Waals surface area contributed by atoms with Crippen molar-refractivity contribution in [2.75, 3.05) is 5.32 Å². The molecule has 0 atom stereocenters. The first-order chi connectivity index (χ1) is 10.0. The van der Waals surface area contributed by atoms with Gasteiger partial charge in [0.15, 0.2) is 0 Å². The molecule has 3 nitrogen and oxygen atoms in total. The Balaban J connectivity index is 2.10. The van der Waals surface area contributed by atoms with E-state index < -0.39 is 0 Å². The second-order valence-electron chi connectivity index (χ2n) is 4.93. The molecule has 0 fully saturated rings. The minimum atomic E-state index is 0.811. The Morgan fingerprint density at radius 2 is 1.71 bits per heavy atom. The van der Waals surface area contributed by atoms with Gasteiger partial charge in [0.25, 0.3) is 0 Å². The van der Waals surface area contributed by atoms with Gasteiger partial charge in [0, 0.05) is 14.3 Å². The van der Waals surface area contributed by atoms with Crippen LogP contribution in [0.1, 0.15) is 11.1 Å². The molecule has 1 aromatic heterocycles. The Morgan fingerprint density at radius 1 is 0.952 bits per heavy atom. The molecule has 0 aliphatic heterocycles. The zero-order valence-electron chi connectivity index (χ0n) is 11.6. The second kappa shape index (κ2) is 5.73. The molecule has 0 spiro atoms. The summed E-state index contributed by atoms with van der Waals surface area (Å²) in [6, 6.07) is 10.2. The van der Waals surface area contributed by atoms with Gasteiger partial charge in [0.2, 0.25) is 0 Å². The van der Waals surface area contributed by atoms with Crippen LogP contribution < -0.4 is 5.32 Å². The summed E-state index contributed by atoms with van der Waals surface area (Å²) in [7, 11) is 0. The van der Waals surface area contributed by atoms with Crippen molar-refractivity contribution in [3.8, 4) is 0 Å². The van der Waals surface area contributed by atoms with E-state index in [0.29, 0.717) is 0 Å². The Kier molecular flexibility index (Phi) is 3.95. The van der Waals surface area contributed by atoms with Crippen molar-refractivity contribution in [1.29, 1.82) is 0 Å². The molecule has 21 heavy (non-hydrogen) atoms. The minimum absolute atomic E-state index is 0.811. The van der Waals surface area contributed by atoms with Crippen LogP contribution in [0.4, 0.5) is 11.5 Å². The molecular weight excluding hydrogens is 394 g/mol. The third-order valence-electron chi connectivity index (χ3n) is 3.44. The number of nitrogens with zero attached hydrogens (tertiary/aromatic N) is 2. The highest BCUT2D eigenvalue weighted by atomic mass is 79.9. The summed E-state index contributed by atoms with van der Waals surface area (Å²) in [5, 5.41) is 4.39. The zero-order valence-corrected chi connectivity index (χ0v) is 14.8. The van der Waals surface area contributed by atoms with Crippen molar-refractivity contribution in [3.05, 3.63) is 56.7 Å². The second-order valence-corrected chi connectivity index (χ2v) is 6.70. The summed E-state index contributed by atoms with van der Waals surface area (Å²) in [4.78, 5) is 8.73. The van der Waals surface area contributed by atoms with Crippen LogP contribution in [-0.2, 0) is 0 Å². The number of anilines is 2. The van der Waals surface area contributed by atoms with Crippen LogP contribution >= 0.6 is 31.9 Å². The van der Waals surface area contributed by atoms with Crippen molar-refractivity contribution in [3.63, 3.8) is 0 Å². The number of nitrogens with one attached hydrogen (secondary N) is 1. The van der Waals surface area contributed by atoms with E-state index in [1.807, 2.05) is 18.2 Å². The molecule has 1 heterocycles.